The monoisotopic (exact) mass is 274 g/mol. The standard InChI is InChI=1S/C14H14N2O2S/c15-10-6-9-19-13(10)14(17)16-7-3-8-18-12-5-2-1-4-11(12)16/h1-2,4-6,9H,3,7-8,15H2. The van der Waals surface area contributed by atoms with Gasteiger partial charge in [0, 0.05) is 6.54 Å². The van der Waals surface area contributed by atoms with Crippen LogP contribution in [-0.2, 0) is 0 Å². The molecule has 5 heteroatoms. The molecule has 98 valence electrons. The predicted molar refractivity (Wildman–Crippen MR) is 77.0 cm³/mol. The zero-order chi connectivity index (χ0) is 13.2. The summed E-state index contributed by atoms with van der Waals surface area (Å²) in [6, 6.07) is 9.37. The van der Waals surface area contributed by atoms with Crippen LogP contribution in [0.25, 0.3) is 0 Å². The smallest absolute Gasteiger partial charge is 0.270 e. The molecule has 0 atom stereocenters. The van der Waals surface area contributed by atoms with Gasteiger partial charge in [0.15, 0.2) is 0 Å². The normalized spacial score (nSPS) is 14.4. The van der Waals surface area contributed by atoms with Gasteiger partial charge in [0.25, 0.3) is 5.91 Å². The van der Waals surface area contributed by atoms with E-state index in [2.05, 4.69) is 0 Å². The van der Waals surface area contributed by atoms with Crippen LogP contribution in [-0.4, -0.2) is 19.1 Å². The highest BCUT2D eigenvalue weighted by Gasteiger charge is 2.24. The van der Waals surface area contributed by atoms with Crippen LogP contribution in [0.4, 0.5) is 11.4 Å². The Balaban J connectivity index is 2.01. The minimum absolute atomic E-state index is 0.0505. The van der Waals surface area contributed by atoms with Crippen molar-refractivity contribution >= 4 is 28.6 Å². The zero-order valence-electron chi connectivity index (χ0n) is 10.3. The molecular weight excluding hydrogens is 260 g/mol. The molecule has 2 heterocycles. The molecular formula is C14H14N2O2S. The van der Waals surface area contributed by atoms with Crippen molar-refractivity contribution in [3.63, 3.8) is 0 Å². The summed E-state index contributed by atoms with van der Waals surface area (Å²) in [6.45, 7) is 1.27. The second-order valence-corrected chi connectivity index (χ2v) is 5.25. The summed E-state index contributed by atoms with van der Waals surface area (Å²) in [5, 5.41) is 1.84. The minimum Gasteiger partial charge on any atom is -0.491 e. The van der Waals surface area contributed by atoms with Gasteiger partial charge >= 0.3 is 0 Å². The van der Waals surface area contributed by atoms with Crippen LogP contribution in [0.2, 0.25) is 0 Å². The van der Waals surface area contributed by atoms with E-state index in [1.165, 1.54) is 11.3 Å². The quantitative estimate of drug-likeness (QED) is 0.870. The van der Waals surface area contributed by atoms with Gasteiger partial charge in [-0.1, -0.05) is 12.1 Å². The molecule has 0 bridgehead atoms. The van der Waals surface area contributed by atoms with E-state index in [0.29, 0.717) is 23.7 Å². The molecule has 1 aromatic heterocycles. The van der Waals surface area contributed by atoms with E-state index >= 15 is 0 Å². The maximum Gasteiger partial charge on any atom is 0.270 e. The van der Waals surface area contributed by atoms with E-state index in [9.17, 15) is 4.79 Å². The Kier molecular flexibility index (Phi) is 3.13. The summed E-state index contributed by atoms with van der Waals surface area (Å²) >= 11 is 1.38. The Labute approximate surface area is 115 Å². The van der Waals surface area contributed by atoms with Gasteiger partial charge in [-0.2, -0.15) is 0 Å². The first-order valence-corrected chi connectivity index (χ1v) is 7.02. The summed E-state index contributed by atoms with van der Waals surface area (Å²) in [5.74, 6) is 0.703. The van der Waals surface area contributed by atoms with Gasteiger partial charge in [0.2, 0.25) is 0 Å². The van der Waals surface area contributed by atoms with Crippen LogP contribution < -0.4 is 15.4 Å². The molecule has 1 aromatic carbocycles. The Hall–Kier alpha value is -2.01. The number of anilines is 2. The van der Waals surface area contributed by atoms with Crippen molar-refractivity contribution in [1.82, 2.24) is 0 Å². The zero-order valence-corrected chi connectivity index (χ0v) is 11.2. The van der Waals surface area contributed by atoms with Gasteiger partial charge in [-0.3, -0.25) is 4.79 Å². The van der Waals surface area contributed by atoms with Crippen molar-refractivity contribution < 1.29 is 9.53 Å². The maximum atomic E-state index is 12.6. The summed E-state index contributed by atoms with van der Waals surface area (Å²) in [5.41, 5.74) is 7.20. The number of carbonyl (C=O) groups excluding carboxylic acids is 1. The van der Waals surface area contributed by atoms with E-state index in [0.717, 1.165) is 17.9 Å². The number of hydrogen-bond donors (Lipinski definition) is 1. The van der Waals surface area contributed by atoms with Crippen LogP contribution >= 0.6 is 11.3 Å². The Bertz CT molecular complexity index is 609. The number of thiophene rings is 1. The maximum absolute atomic E-state index is 12.6. The number of ether oxygens (including phenoxy) is 1. The largest absolute Gasteiger partial charge is 0.491 e. The number of nitrogens with zero attached hydrogens (tertiary/aromatic N) is 1. The molecule has 0 unspecified atom stereocenters. The van der Waals surface area contributed by atoms with Gasteiger partial charge in [0.05, 0.1) is 18.0 Å². The van der Waals surface area contributed by atoms with E-state index in [1.807, 2.05) is 29.6 Å². The number of hydrogen-bond acceptors (Lipinski definition) is 4. The molecule has 2 aromatic rings. The fourth-order valence-electron chi connectivity index (χ4n) is 2.15. The van der Waals surface area contributed by atoms with Crippen molar-refractivity contribution in [2.75, 3.05) is 23.8 Å². The number of nitrogen functional groups attached to an aromatic ring is 1. The third-order valence-electron chi connectivity index (χ3n) is 3.07. The molecule has 1 aliphatic rings. The lowest BCUT2D eigenvalue weighted by molar-refractivity contribution is 0.0992. The second-order valence-electron chi connectivity index (χ2n) is 4.33. The van der Waals surface area contributed by atoms with Gasteiger partial charge in [-0.15, -0.1) is 11.3 Å². The highest BCUT2D eigenvalue weighted by Crippen LogP contribution is 2.33. The molecule has 3 rings (SSSR count). The van der Waals surface area contributed by atoms with Crippen LogP contribution in [0.5, 0.6) is 5.75 Å². The average Bonchev–Trinajstić information content (AvgIpc) is 2.74. The number of fused-ring (bicyclic) bond motifs is 1. The van der Waals surface area contributed by atoms with Gasteiger partial charge < -0.3 is 15.4 Å². The molecule has 0 radical (unpaired) electrons. The Morgan fingerprint density at radius 3 is 2.95 bits per heavy atom. The average molecular weight is 274 g/mol. The third-order valence-corrected chi connectivity index (χ3v) is 3.99. The van der Waals surface area contributed by atoms with Gasteiger partial charge in [-0.25, -0.2) is 0 Å². The van der Waals surface area contributed by atoms with Crippen LogP contribution in [0.3, 0.4) is 0 Å². The second kappa shape index (κ2) is 4.93. The highest BCUT2D eigenvalue weighted by atomic mass is 32.1. The van der Waals surface area contributed by atoms with Gasteiger partial charge in [0.1, 0.15) is 10.6 Å². The van der Waals surface area contributed by atoms with E-state index in [-0.39, 0.29) is 5.91 Å². The lowest BCUT2D eigenvalue weighted by Gasteiger charge is -2.21. The molecule has 4 nitrogen and oxygen atoms in total. The number of rotatable bonds is 1. The molecule has 1 amide bonds. The Morgan fingerprint density at radius 2 is 2.16 bits per heavy atom. The van der Waals surface area contributed by atoms with Crippen molar-refractivity contribution in [2.24, 2.45) is 0 Å². The van der Waals surface area contributed by atoms with Crippen molar-refractivity contribution in [1.29, 1.82) is 0 Å². The van der Waals surface area contributed by atoms with Gasteiger partial charge in [-0.05, 0) is 30.0 Å². The fourth-order valence-corrected chi connectivity index (χ4v) is 2.92. The molecule has 1 aliphatic heterocycles. The van der Waals surface area contributed by atoms with Crippen molar-refractivity contribution in [2.45, 2.75) is 6.42 Å². The molecule has 0 aliphatic carbocycles. The number of para-hydroxylation sites is 2. The van der Waals surface area contributed by atoms with Crippen molar-refractivity contribution in [3.05, 3.63) is 40.6 Å². The molecule has 19 heavy (non-hydrogen) atoms. The Morgan fingerprint density at radius 1 is 1.32 bits per heavy atom. The van der Waals surface area contributed by atoms with Crippen molar-refractivity contribution in [3.8, 4) is 5.75 Å². The summed E-state index contributed by atoms with van der Waals surface area (Å²) < 4.78 is 5.65. The molecule has 0 saturated carbocycles. The minimum atomic E-state index is -0.0505. The number of benzene rings is 1. The van der Waals surface area contributed by atoms with E-state index < -0.39 is 0 Å². The first-order chi connectivity index (χ1) is 9.27. The number of carbonyl (C=O) groups is 1. The molecule has 0 fully saturated rings. The molecule has 2 N–H and O–H groups in total. The van der Waals surface area contributed by atoms with Crippen LogP contribution in [0.15, 0.2) is 35.7 Å². The predicted octanol–water partition coefficient (Wildman–Crippen LogP) is 2.76. The first kappa shape index (κ1) is 12.0. The SMILES string of the molecule is Nc1ccsc1C(=O)N1CCCOc2ccccc21. The summed E-state index contributed by atoms with van der Waals surface area (Å²) in [4.78, 5) is 14.9. The number of nitrogens with two attached hydrogens (primary N) is 1. The summed E-state index contributed by atoms with van der Waals surface area (Å²) in [7, 11) is 0. The van der Waals surface area contributed by atoms with Crippen LogP contribution in [0.1, 0.15) is 16.1 Å². The molecule has 0 spiro atoms. The first-order valence-electron chi connectivity index (χ1n) is 6.14. The number of amides is 1. The highest BCUT2D eigenvalue weighted by molar-refractivity contribution is 7.12. The molecule has 0 saturated heterocycles. The van der Waals surface area contributed by atoms with E-state index in [4.69, 9.17) is 10.5 Å². The van der Waals surface area contributed by atoms with E-state index in [1.54, 1.807) is 11.0 Å². The summed E-state index contributed by atoms with van der Waals surface area (Å²) in [6.07, 6.45) is 0.811. The lowest BCUT2D eigenvalue weighted by Crippen LogP contribution is -2.31. The third kappa shape index (κ3) is 2.17. The lowest BCUT2D eigenvalue weighted by atomic mass is 10.2. The topological polar surface area (TPSA) is 55.6 Å². The fraction of sp³-hybridized carbons (Fsp3) is 0.214. The van der Waals surface area contributed by atoms with Crippen LogP contribution in [0, 0.1) is 0 Å².